The van der Waals surface area contributed by atoms with Gasteiger partial charge in [-0.1, -0.05) is 39.0 Å². The molecule has 4 heteroatoms. The van der Waals surface area contributed by atoms with Crippen molar-refractivity contribution in [3.8, 4) is 0 Å². The Bertz CT molecular complexity index is 211. The van der Waals surface area contributed by atoms with E-state index in [1.54, 1.807) is 0 Å². The number of ether oxygens (including phenoxy) is 1. The molecule has 0 radical (unpaired) electrons. The van der Waals surface area contributed by atoms with Gasteiger partial charge < -0.3 is 9.84 Å². The van der Waals surface area contributed by atoms with Crippen molar-refractivity contribution in [1.29, 1.82) is 0 Å². The van der Waals surface area contributed by atoms with Crippen molar-refractivity contribution in [2.75, 3.05) is 19.7 Å². The van der Waals surface area contributed by atoms with Crippen LogP contribution in [0.5, 0.6) is 0 Å². The molecular weight excluding hydrogens is 218 g/mol. The van der Waals surface area contributed by atoms with Gasteiger partial charge in [0.25, 0.3) is 0 Å². The Labute approximate surface area is 104 Å². The second kappa shape index (κ2) is 8.61. The van der Waals surface area contributed by atoms with Crippen molar-refractivity contribution in [3.63, 3.8) is 0 Å². The molecule has 1 saturated heterocycles. The molecule has 100 valence electrons. The molecule has 4 nitrogen and oxygen atoms in total. The molecule has 1 rings (SSSR count). The predicted molar refractivity (Wildman–Crippen MR) is 66.8 cm³/mol. The van der Waals surface area contributed by atoms with Gasteiger partial charge in [0.2, 0.25) is 0 Å². The molecule has 17 heavy (non-hydrogen) atoms. The normalized spacial score (nSPS) is 25.3. The fraction of sp³-hybridized carbons (Fsp3) is 0.923. The van der Waals surface area contributed by atoms with Crippen molar-refractivity contribution in [2.24, 2.45) is 0 Å². The zero-order chi connectivity index (χ0) is 12.5. The quantitative estimate of drug-likeness (QED) is 0.493. The molecule has 0 aromatic heterocycles. The first kappa shape index (κ1) is 14.6. The van der Waals surface area contributed by atoms with Crippen LogP contribution in [-0.2, 0) is 9.53 Å². The van der Waals surface area contributed by atoms with Crippen LogP contribution in [0.25, 0.3) is 0 Å². The van der Waals surface area contributed by atoms with E-state index in [1.807, 2.05) is 4.90 Å². The van der Waals surface area contributed by atoms with Crippen LogP contribution < -0.4 is 0 Å². The van der Waals surface area contributed by atoms with Gasteiger partial charge in [-0.15, -0.1) is 0 Å². The van der Waals surface area contributed by atoms with Gasteiger partial charge in [-0.2, -0.15) is 0 Å². The number of carbonyl (C=O) groups excluding carboxylic acids is 1. The Hall–Kier alpha value is -0.450. The number of aldehydes is 1. The van der Waals surface area contributed by atoms with E-state index in [-0.39, 0.29) is 12.7 Å². The minimum absolute atomic E-state index is 0.00264. The molecule has 0 bridgehead atoms. The Morgan fingerprint density at radius 3 is 2.65 bits per heavy atom. The number of hydrogen-bond donors (Lipinski definition) is 1. The molecule has 1 aliphatic rings. The average Bonchev–Trinajstić information content (AvgIpc) is 2.76. The third kappa shape index (κ3) is 5.15. The summed E-state index contributed by atoms with van der Waals surface area (Å²) < 4.78 is 5.38. The third-order valence-corrected chi connectivity index (χ3v) is 3.25. The van der Waals surface area contributed by atoms with Crippen LogP contribution in [0.2, 0.25) is 0 Å². The van der Waals surface area contributed by atoms with Gasteiger partial charge in [0.15, 0.2) is 12.5 Å². The molecule has 0 saturated carbocycles. The Balaban J connectivity index is 2.11. The highest BCUT2D eigenvalue weighted by molar-refractivity contribution is 5.55. The van der Waals surface area contributed by atoms with Crippen LogP contribution in [0.4, 0.5) is 0 Å². The highest BCUT2D eigenvalue weighted by Crippen LogP contribution is 2.15. The minimum Gasteiger partial charge on any atom is -0.394 e. The maximum absolute atomic E-state index is 10.8. The summed E-state index contributed by atoms with van der Waals surface area (Å²) in [7, 11) is 0. The van der Waals surface area contributed by atoms with Gasteiger partial charge in [-0.05, 0) is 6.42 Å². The molecule has 2 unspecified atom stereocenters. The highest BCUT2D eigenvalue weighted by Gasteiger charge is 2.31. The Morgan fingerprint density at radius 1 is 1.29 bits per heavy atom. The lowest BCUT2D eigenvalue weighted by Crippen LogP contribution is -2.32. The SMILES string of the molecule is CCCCCCCCN1CC(CO)OC1C=O. The molecule has 1 N–H and O–H groups in total. The van der Waals surface area contributed by atoms with E-state index >= 15 is 0 Å². The number of hydrogen-bond acceptors (Lipinski definition) is 4. The maximum atomic E-state index is 10.8. The van der Waals surface area contributed by atoms with Gasteiger partial charge in [0.1, 0.15) is 0 Å². The lowest BCUT2D eigenvalue weighted by molar-refractivity contribution is -0.124. The van der Waals surface area contributed by atoms with E-state index in [2.05, 4.69) is 6.92 Å². The van der Waals surface area contributed by atoms with Crippen molar-refractivity contribution < 1.29 is 14.6 Å². The summed E-state index contributed by atoms with van der Waals surface area (Å²) in [5.74, 6) is 0. The number of aliphatic hydroxyl groups is 1. The molecule has 0 aromatic rings. The number of nitrogens with zero attached hydrogens (tertiary/aromatic N) is 1. The van der Waals surface area contributed by atoms with E-state index in [1.165, 1.54) is 32.1 Å². The molecule has 1 heterocycles. The zero-order valence-electron chi connectivity index (χ0n) is 10.8. The zero-order valence-corrected chi connectivity index (χ0v) is 10.8. The average molecular weight is 243 g/mol. The largest absolute Gasteiger partial charge is 0.394 e. The first-order valence-corrected chi connectivity index (χ1v) is 6.77. The Morgan fingerprint density at radius 2 is 2.00 bits per heavy atom. The molecule has 0 amide bonds. The Kier molecular flexibility index (Phi) is 7.40. The number of rotatable bonds is 9. The van der Waals surface area contributed by atoms with E-state index in [0.717, 1.165) is 19.3 Å². The summed E-state index contributed by atoms with van der Waals surface area (Å²) in [4.78, 5) is 12.8. The van der Waals surface area contributed by atoms with Crippen LogP contribution in [-0.4, -0.2) is 48.3 Å². The van der Waals surface area contributed by atoms with Gasteiger partial charge in [0.05, 0.1) is 12.7 Å². The lowest BCUT2D eigenvalue weighted by Gasteiger charge is -2.17. The van der Waals surface area contributed by atoms with Crippen LogP contribution >= 0.6 is 0 Å². The maximum Gasteiger partial charge on any atom is 0.167 e. The second-order valence-corrected chi connectivity index (χ2v) is 4.73. The molecule has 0 spiro atoms. The van der Waals surface area contributed by atoms with Gasteiger partial charge in [-0.3, -0.25) is 9.69 Å². The van der Waals surface area contributed by atoms with E-state index in [4.69, 9.17) is 9.84 Å². The molecule has 2 atom stereocenters. The van der Waals surface area contributed by atoms with E-state index in [9.17, 15) is 4.79 Å². The van der Waals surface area contributed by atoms with Crippen LogP contribution in [0, 0.1) is 0 Å². The molecule has 1 aliphatic heterocycles. The minimum atomic E-state index is -0.442. The molecule has 0 aliphatic carbocycles. The van der Waals surface area contributed by atoms with Crippen molar-refractivity contribution in [3.05, 3.63) is 0 Å². The summed E-state index contributed by atoms with van der Waals surface area (Å²) in [5.41, 5.74) is 0. The number of carbonyl (C=O) groups is 1. The predicted octanol–water partition coefficient (Wildman–Crippen LogP) is 1.56. The topological polar surface area (TPSA) is 49.8 Å². The monoisotopic (exact) mass is 243 g/mol. The van der Waals surface area contributed by atoms with Gasteiger partial charge >= 0.3 is 0 Å². The fourth-order valence-electron chi connectivity index (χ4n) is 2.22. The van der Waals surface area contributed by atoms with Crippen LogP contribution in [0.1, 0.15) is 45.4 Å². The van der Waals surface area contributed by atoms with Crippen molar-refractivity contribution in [1.82, 2.24) is 4.90 Å². The first-order chi connectivity index (χ1) is 8.31. The summed E-state index contributed by atoms with van der Waals surface area (Å²) >= 11 is 0. The molecular formula is C13H25NO3. The van der Waals surface area contributed by atoms with E-state index in [0.29, 0.717) is 6.54 Å². The summed E-state index contributed by atoms with van der Waals surface area (Å²) in [6.45, 7) is 3.78. The molecule has 0 aromatic carbocycles. The third-order valence-electron chi connectivity index (χ3n) is 3.25. The van der Waals surface area contributed by atoms with Crippen molar-refractivity contribution >= 4 is 6.29 Å². The van der Waals surface area contributed by atoms with Gasteiger partial charge in [-0.25, -0.2) is 0 Å². The number of unbranched alkanes of at least 4 members (excludes halogenated alkanes) is 5. The smallest absolute Gasteiger partial charge is 0.167 e. The van der Waals surface area contributed by atoms with Crippen molar-refractivity contribution in [2.45, 2.75) is 57.8 Å². The lowest BCUT2D eigenvalue weighted by atomic mass is 10.1. The summed E-state index contributed by atoms with van der Waals surface area (Å²) in [6.07, 6.45) is 7.69. The number of aliphatic hydroxyl groups excluding tert-OH is 1. The standard InChI is InChI=1S/C13H25NO3/c1-2-3-4-5-6-7-8-14-9-12(10-15)17-13(14)11-16/h11-13,15H,2-10H2,1H3. The van der Waals surface area contributed by atoms with Crippen LogP contribution in [0.15, 0.2) is 0 Å². The van der Waals surface area contributed by atoms with Crippen LogP contribution in [0.3, 0.4) is 0 Å². The fourth-order valence-corrected chi connectivity index (χ4v) is 2.22. The molecule has 1 fully saturated rings. The highest BCUT2D eigenvalue weighted by atomic mass is 16.5. The summed E-state index contributed by atoms with van der Waals surface area (Å²) in [5, 5.41) is 9.00. The van der Waals surface area contributed by atoms with Gasteiger partial charge in [0, 0.05) is 13.1 Å². The summed E-state index contributed by atoms with van der Waals surface area (Å²) in [6, 6.07) is 0. The first-order valence-electron chi connectivity index (χ1n) is 6.77. The van der Waals surface area contributed by atoms with E-state index < -0.39 is 6.23 Å². The second-order valence-electron chi connectivity index (χ2n) is 4.73.